The molecule has 4 saturated carbocycles. The third-order valence-corrected chi connectivity index (χ3v) is 29.1. The number of likely N-dealkylation sites (N-methyl/N-ethyl adjacent to an activating group) is 1. The van der Waals surface area contributed by atoms with Gasteiger partial charge in [0.25, 0.3) is 5.91 Å². The average molecular weight is 1970 g/mol. The monoisotopic (exact) mass is 1970 g/mol. The zero-order valence-corrected chi connectivity index (χ0v) is 81.7. The maximum Gasteiger partial charge on any atom is 0.251 e. The molecule has 19 N–H and O–H groups in total. The van der Waals surface area contributed by atoms with Crippen molar-refractivity contribution in [2.75, 3.05) is 69.3 Å². The smallest absolute Gasteiger partial charge is 0.251 e. The van der Waals surface area contributed by atoms with Gasteiger partial charge < -0.3 is 80.5 Å². The number of hydrogen-bond donors (Lipinski definition) is 11. The first kappa shape index (κ1) is 95.0. The van der Waals surface area contributed by atoms with E-state index in [1.807, 2.05) is 159 Å². The van der Waals surface area contributed by atoms with Gasteiger partial charge in [0.15, 0.2) is 68.9 Å². The van der Waals surface area contributed by atoms with Gasteiger partial charge in [0.05, 0.1) is 71.5 Å². The Kier molecular flexibility index (Phi) is 24.8. The molecule has 0 bridgehead atoms. The molecule has 5 aliphatic rings. The lowest BCUT2D eigenvalue weighted by molar-refractivity contribution is 0.0962. The van der Waals surface area contributed by atoms with Crippen LogP contribution in [0.4, 0.5) is 33.3 Å². The fraction of sp³-hybridized carbons (Fsp3) is 0.191. The zero-order valence-electron chi connectivity index (χ0n) is 81.7. The third kappa shape index (κ3) is 17.7. The molecule has 20 aromatic rings. The second kappa shape index (κ2) is 38.6. The lowest BCUT2D eigenvalue weighted by Crippen LogP contribution is -2.43. The molecule has 4 aliphatic carbocycles. The Morgan fingerprint density at radius 2 is 0.723 bits per heavy atom. The van der Waals surface area contributed by atoms with E-state index in [1.54, 1.807) is 67.3 Å². The van der Waals surface area contributed by atoms with E-state index in [0.717, 1.165) is 173 Å². The van der Waals surface area contributed by atoms with Crippen LogP contribution >= 0.6 is 0 Å². The molecule has 0 unspecified atom stereocenters. The second-order valence-corrected chi connectivity index (χ2v) is 38.2. The highest BCUT2D eigenvalue weighted by Gasteiger charge is 2.39. The minimum absolute atomic E-state index is 0.0349. The van der Waals surface area contributed by atoms with Gasteiger partial charge in [0.1, 0.15) is 63.5 Å². The summed E-state index contributed by atoms with van der Waals surface area (Å²) in [7, 11) is 6.63. The molecule has 32 nitrogen and oxygen atoms in total. The maximum atomic E-state index is 14.4. The topological polar surface area (TPSA) is 483 Å². The highest BCUT2D eigenvalue weighted by atomic mass is 19.1. The fourth-order valence-electron chi connectivity index (χ4n) is 20.0. The number of carbonyl (C=O) groups is 1. The molecule has 148 heavy (non-hydrogen) atoms. The standard InChI is InChI=1S/C30H29N7O.C29H26FN7O.2C28H26N6O2/c1-36-16-17-38-26-18-19(5-12-25(26)36)23-10-11-24-29(34-23)37(28(35-24)22-4-2-15-33-27(22)31)21-8-6-20(7-9-21)30(32)13-3-14-30;1-33-28(38)18-14-17(15-20(30)16-18)23-9-10-24-27(35-23)37(26(36-24)22-4-2-13-34-25(22)31)21-7-5-19(6-8-21)29(32)11-3-12-29;1-36-23-7-2-5-19(24(23)35)21-12-13-22-27(32-21)34(26(33-22)20-6-3-16-31-25(20)29)18-10-8-17(9-11-18)28(30)14-4-15-28;1-36-24-12-5-17(16-23(24)35)21-10-11-22-27(32-21)34(26(33-22)20-4-2-15-31-25(20)29)19-8-6-18(7-9-19)28(30)13-3-14-28/h2,4-12,15,18H,3,13-14,16-17,32H2,1H3,(H2,31,33);2,4-10,13-16H,3,11-12,32H2,1H3,(H2,31,34)(H,33,38);2-3,5-13,16,35H,4,14-15,30H2,1H3,(H2,29,31);2,4-12,15-16,35H,3,13-14,30H2,1H3,(H2,29,31). The molecule has 1 aliphatic heterocycles. The van der Waals surface area contributed by atoms with Gasteiger partial charge in [-0.15, -0.1) is 0 Å². The number of rotatable bonds is 19. The number of nitrogens with zero attached hydrogens (tertiary/aromatic N) is 17. The van der Waals surface area contributed by atoms with Gasteiger partial charge in [-0.1, -0.05) is 60.7 Å². The molecule has 0 atom stereocenters. The summed E-state index contributed by atoms with van der Waals surface area (Å²) < 4.78 is 38.8. The molecule has 1 amide bonds. The van der Waals surface area contributed by atoms with Gasteiger partial charge in [-0.25, -0.2) is 64.2 Å². The number of phenols is 2. The first-order valence-corrected chi connectivity index (χ1v) is 49.1. The van der Waals surface area contributed by atoms with Crippen molar-refractivity contribution in [1.29, 1.82) is 0 Å². The Bertz CT molecular complexity index is 8510. The van der Waals surface area contributed by atoms with Crippen LogP contribution in [-0.2, 0) is 22.2 Å². The van der Waals surface area contributed by atoms with E-state index >= 15 is 0 Å². The van der Waals surface area contributed by atoms with Gasteiger partial charge >= 0.3 is 0 Å². The van der Waals surface area contributed by atoms with Crippen molar-refractivity contribution >= 4 is 79.5 Å². The molecule has 25 rings (SSSR count). The largest absolute Gasteiger partial charge is 0.504 e. The molecule has 12 aromatic heterocycles. The van der Waals surface area contributed by atoms with Crippen LogP contribution in [0.3, 0.4) is 0 Å². The number of phenolic OH excluding ortho intramolecular Hbond substituents is 2. The summed E-state index contributed by atoms with van der Waals surface area (Å²) in [4.78, 5) is 70.9. The van der Waals surface area contributed by atoms with Gasteiger partial charge in [-0.2, -0.15) is 0 Å². The van der Waals surface area contributed by atoms with E-state index in [1.165, 1.54) is 39.8 Å². The van der Waals surface area contributed by atoms with Crippen molar-refractivity contribution in [3.63, 3.8) is 0 Å². The summed E-state index contributed by atoms with van der Waals surface area (Å²) in [5.41, 5.74) is 73.4. The summed E-state index contributed by atoms with van der Waals surface area (Å²) in [6, 6.07) is 84.1. The Labute approximate surface area is 850 Å². The molecule has 33 heteroatoms. The molecule has 8 aromatic carbocycles. The number of methoxy groups -OCH3 is 2. The van der Waals surface area contributed by atoms with Crippen LogP contribution in [0.5, 0.6) is 28.7 Å². The van der Waals surface area contributed by atoms with Crippen molar-refractivity contribution < 1.29 is 33.6 Å². The summed E-state index contributed by atoms with van der Waals surface area (Å²) in [5, 5.41) is 23.6. The number of nitrogens with two attached hydrogens (primary N) is 8. The first-order valence-electron chi connectivity index (χ1n) is 49.1. The highest BCUT2D eigenvalue weighted by molar-refractivity contribution is 5.96. The minimum atomic E-state index is -0.525. The summed E-state index contributed by atoms with van der Waals surface area (Å²) in [6.07, 6.45) is 19.2. The molecular weight excluding hydrogens is 1860 g/mol. The number of nitrogen functional groups attached to an aromatic ring is 4. The van der Waals surface area contributed by atoms with E-state index in [-0.39, 0.29) is 45.1 Å². The number of ether oxygens (including phenoxy) is 3. The normalized spacial score (nSPS) is 14.9. The molecule has 0 spiro atoms. The minimum Gasteiger partial charge on any atom is -0.504 e. The van der Waals surface area contributed by atoms with E-state index < -0.39 is 5.82 Å². The Morgan fingerprint density at radius 1 is 0.378 bits per heavy atom. The average Bonchev–Trinajstić information content (AvgIpc) is 1.59. The van der Waals surface area contributed by atoms with Gasteiger partial charge in [0.2, 0.25) is 0 Å². The third-order valence-electron chi connectivity index (χ3n) is 29.1. The number of amides is 1. The molecular formula is C115H107FN26O6. The quantitative estimate of drug-likeness (QED) is 0.0358. The predicted octanol–water partition coefficient (Wildman–Crippen LogP) is 19.0. The number of nitrogens with one attached hydrogen (secondary N) is 1. The number of fused-ring (bicyclic) bond motifs is 5. The van der Waals surface area contributed by atoms with E-state index in [2.05, 4.69) is 108 Å². The molecule has 0 saturated heterocycles. The van der Waals surface area contributed by atoms with Crippen LogP contribution in [0.2, 0.25) is 0 Å². The van der Waals surface area contributed by atoms with Crippen molar-refractivity contribution in [3.05, 3.63) is 325 Å². The Balaban J connectivity index is 0.000000112. The maximum absolute atomic E-state index is 14.4. The van der Waals surface area contributed by atoms with E-state index in [4.69, 9.17) is 100.0 Å². The Hall–Kier alpha value is -17.9. The fourth-order valence-corrected chi connectivity index (χ4v) is 20.0. The number of halogens is 1. The van der Waals surface area contributed by atoms with Crippen molar-refractivity contribution in [2.24, 2.45) is 22.9 Å². The number of para-hydroxylation sites is 1. The summed E-state index contributed by atoms with van der Waals surface area (Å²) >= 11 is 0. The second-order valence-electron chi connectivity index (χ2n) is 38.2. The van der Waals surface area contributed by atoms with Crippen LogP contribution in [-0.4, -0.2) is 136 Å². The zero-order chi connectivity index (χ0) is 102. The molecule has 13 heterocycles. The van der Waals surface area contributed by atoms with Crippen LogP contribution in [0.1, 0.15) is 110 Å². The lowest BCUT2D eigenvalue weighted by atomic mass is 9.73. The number of hydrogen-bond acceptors (Lipinski definition) is 27. The van der Waals surface area contributed by atoms with E-state index in [9.17, 15) is 19.4 Å². The Morgan fingerprint density at radius 3 is 1.07 bits per heavy atom. The summed E-state index contributed by atoms with van der Waals surface area (Å²) in [6.45, 7) is 1.54. The van der Waals surface area contributed by atoms with Crippen LogP contribution in [0.15, 0.2) is 292 Å². The van der Waals surface area contributed by atoms with Crippen molar-refractivity contribution in [3.8, 4) is 142 Å². The SMILES string of the molecule is CN1CCOc2cc(-c3ccc4nc(-c5cccnc5N)n(-c5ccc(C6(N)CCC6)cc5)c4n3)ccc21.CNC(=O)c1cc(F)cc(-c2ccc3nc(-c4cccnc4N)n(-c4ccc(C5(N)CCC5)cc4)c3n2)c1.COc1ccc(-c2ccc3nc(-c4cccnc4N)n(-c4ccc(C5(N)CCC5)cc4)c3n2)cc1O.COc1cccc(-c2ccc3nc(-c4cccnc4N)n(-c4ccc(C5(N)CCC5)cc4)c3n2)c1O. The van der Waals surface area contributed by atoms with Crippen LogP contribution in [0, 0.1) is 5.82 Å². The van der Waals surface area contributed by atoms with Gasteiger partial charge in [0, 0.05) is 112 Å². The number of aromatic nitrogens is 16. The highest BCUT2D eigenvalue weighted by Crippen LogP contribution is 2.48. The first-order chi connectivity index (χ1) is 71.8. The number of pyridine rings is 8. The number of imidazole rings is 4. The van der Waals surface area contributed by atoms with Crippen molar-refractivity contribution in [2.45, 2.75) is 99.2 Å². The number of benzene rings is 8. The number of anilines is 5. The van der Waals surface area contributed by atoms with Crippen LogP contribution < -0.4 is 70.3 Å². The molecule has 740 valence electrons. The lowest BCUT2D eigenvalue weighted by Gasteiger charge is -2.38. The van der Waals surface area contributed by atoms with Crippen LogP contribution in [0.25, 0.3) is 158 Å². The molecule has 0 radical (unpaired) electrons. The van der Waals surface area contributed by atoms with Gasteiger partial charge in [-0.3, -0.25) is 23.1 Å². The number of aromatic hydroxyl groups is 2. The van der Waals surface area contributed by atoms with Crippen molar-refractivity contribution in [1.82, 2.24) is 83.4 Å². The summed E-state index contributed by atoms with van der Waals surface area (Å²) in [5.74, 6) is 4.95. The predicted molar refractivity (Wildman–Crippen MR) is 575 cm³/mol. The molecule has 4 fully saturated rings. The van der Waals surface area contributed by atoms with Gasteiger partial charge in [-0.05, 0) is 306 Å². The number of carbonyl (C=O) groups excluding carboxylic acids is 1. The van der Waals surface area contributed by atoms with E-state index in [0.29, 0.717) is 138 Å².